The van der Waals surface area contributed by atoms with Gasteiger partial charge in [-0.1, -0.05) is 96.8 Å². The van der Waals surface area contributed by atoms with Crippen molar-refractivity contribution in [3.05, 3.63) is 304 Å². The van der Waals surface area contributed by atoms with Crippen LogP contribution < -0.4 is 0 Å². The quantitative estimate of drug-likeness (QED) is 0.0196. The van der Waals surface area contributed by atoms with Crippen molar-refractivity contribution in [2.24, 2.45) is 0 Å². The molecule has 14 rings (SSSR count). The fourth-order valence-electron chi connectivity index (χ4n) is 13.4. The van der Waals surface area contributed by atoms with E-state index in [4.69, 9.17) is 11.6 Å². The van der Waals surface area contributed by atoms with Crippen molar-refractivity contribution in [2.45, 2.75) is 254 Å². The van der Waals surface area contributed by atoms with Crippen LogP contribution in [0.25, 0.3) is 0 Å². The second-order valence-electron chi connectivity index (χ2n) is 33.0. The van der Waals surface area contributed by atoms with Crippen LogP contribution in [-0.2, 0) is 25.1 Å². The lowest BCUT2D eigenvalue weighted by Crippen LogP contribution is -2.03. The fraction of sp³-hybridized carbons (Fsp3) is 0.358. The van der Waals surface area contributed by atoms with E-state index in [-0.39, 0.29) is 132 Å². The van der Waals surface area contributed by atoms with E-state index in [9.17, 15) is 67.1 Å². The first-order valence-electron chi connectivity index (χ1n) is 46.7. The number of halogens is 4. The van der Waals surface area contributed by atoms with E-state index >= 15 is 0 Å². The number of alkyl halides is 1. The molecule has 0 aliphatic rings. The molecule has 14 aromatic rings. The molecule has 0 amide bonds. The molecule has 748 valence electrons. The molecule has 0 aromatic carbocycles. The van der Waals surface area contributed by atoms with Gasteiger partial charge < -0.3 is 0 Å². The predicted molar refractivity (Wildman–Crippen MR) is 610 cm³/mol. The van der Waals surface area contributed by atoms with Gasteiger partial charge in [0, 0.05) is 139 Å². The van der Waals surface area contributed by atoms with Gasteiger partial charge in [-0.05, 0) is 298 Å². The topological polar surface area (TPSA) is 239 Å². The molecular formula is C109H116Br3ClO14S14. The monoisotopic (exact) mass is 2370 g/mol. The molecule has 0 aliphatic heterocycles. The lowest BCUT2D eigenvalue weighted by atomic mass is 10.1. The lowest BCUT2D eigenvalue weighted by molar-refractivity contribution is 0.0921. The first-order valence-corrected chi connectivity index (χ1v) is 61.4. The van der Waals surface area contributed by atoms with Crippen LogP contribution in [0.1, 0.15) is 375 Å². The zero-order valence-corrected chi connectivity index (χ0v) is 97.3. The SMILES string of the molecule is CCCCCCc1ccc(C(=O)CCC(=O)c2ccc(CCCCCC)s2)s1.CCCCCCc1ccc(C(=O)CCC(=O)c2cccs2)s1.Cc1cc(C(=O)CCC(=O)c2cc(C)c(Br)s2)sc1C.Cc1ccc(C(=O)CCC(=O)c2ccc(C)s2)s1.Cc1csc(C(=O)CCC(=O)c2cc(Br)cs2)c1.O=C(CCC(=O)c1cc(CCl)cs1)c1cccs1.O=C(CCC(=O)c1sccc1Br)c1cccs1. The lowest BCUT2D eigenvalue weighted by Gasteiger charge is -1.99. The summed E-state index contributed by atoms with van der Waals surface area (Å²) >= 11 is 36.4. The number of unbranched alkanes of at least 4 members (excludes halogenated alkanes) is 9. The highest BCUT2D eigenvalue weighted by Crippen LogP contribution is 2.34. The summed E-state index contributed by atoms with van der Waals surface area (Å²) in [6, 6.07) is 41.6. The third-order valence-electron chi connectivity index (χ3n) is 21.5. The smallest absolute Gasteiger partial charge is 0.174 e. The number of ketones is 14. The van der Waals surface area contributed by atoms with E-state index in [2.05, 4.69) is 86.8 Å². The average Bonchev–Trinajstić information content (AvgIpc) is 1.71. The van der Waals surface area contributed by atoms with Crippen molar-refractivity contribution in [2.75, 3.05) is 0 Å². The van der Waals surface area contributed by atoms with Crippen molar-refractivity contribution >= 4 is 299 Å². The van der Waals surface area contributed by atoms with Crippen molar-refractivity contribution in [3.8, 4) is 0 Å². The summed E-state index contributed by atoms with van der Waals surface area (Å²) in [6.45, 7) is 18.5. The Bertz CT molecular complexity index is 5990. The third-order valence-corrected chi connectivity index (χ3v) is 39.3. The Morgan fingerprint density at radius 2 is 0.596 bits per heavy atom. The van der Waals surface area contributed by atoms with Gasteiger partial charge in [0.15, 0.2) is 81.0 Å². The third kappa shape index (κ3) is 42.7. The molecule has 0 saturated carbocycles. The minimum absolute atomic E-state index is 0.0151. The zero-order chi connectivity index (χ0) is 102. The van der Waals surface area contributed by atoms with Gasteiger partial charge in [0.1, 0.15) is 0 Å². The maximum Gasteiger partial charge on any atom is 0.174 e. The minimum atomic E-state index is 0.0151. The molecule has 0 unspecified atom stereocenters. The molecule has 0 spiro atoms. The molecule has 14 aromatic heterocycles. The van der Waals surface area contributed by atoms with Crippen molar-refractivity contribution in [1.82, 2.24) is 0 Å². The summed E-state index contributed by atoms with van der Waals surface area (Å²) in [5.74, 6) is 1.23. The Labute approximate surface area is 914 Å². The highest BCUT2D eigenvalue weighted by molar-refractivity contribution is 9.11. The minimum Gasteiger partial charge on any atom is -0.293 e. The van der Waals surface area contributed by atoms with Crippen molar-refractivity contribution < 1.29 is 67.1 Å². The highest BCUT2D eigenvalue weighted by atomic mass is 79.9. The number of thiophene rings is 14. The number of hydrogen-bond donors (Lipinski definition) is 0. The maximum absolute atomic E-state index is 12.4. The van der Waals surface area contributed by atoms with Gasteiger partial charge in [0.25, 0.3) is 0 Å². The maximum atomic E-state index is 12.4. The summed E-state index contributed by atoms with van der Waals surface area (Å²) in [5, 5.41) is 13.2. The predicted octanol–water partition coefficient (Wildman–Crippen LogP) is 36.8. The van der Waals surface area contributed by atoms with Gasteiger partial charge in [-0.3, -0.25) is 67.1 Å². The number of rotatable bonds is 51. The van der Waals surface area contributed by atoms with E-state index in [0.29, 0.717) is 59.0 Å². The van der Waals surface area contributed by atoms with Crippen LogP contribution in [0.15, 0.2) is 184 Å². The van der Waals surface area contributed by atoms with Gasteiger partial charge in [-0.2, -0.15) is 0 Å². The Morgan fingerprint density at radius 3 is 0.887 bits per heavy atom. The number of carbonyl (C=O) groups is 14. The van der Waals surface area contributed by atoms with E-state index in [0.717, 1.165) is 123 Å². The number of hydrogen-bond acceptors (Lipinski definition) is 28. The standard InChI is InChI=1S/C24H34O2S2.C18H22O2S2.C15H15BrO2S2.C14H14O2S2.C13H11BrO2S2.C13H11ClO2S2.C12H9BrO2S2/c1-3-5-7-9-11-19-13-17-23(27-19)21(25)15-16-22(26)24-18-14-20(28-24)12-10-8-6-4-2;1-2-3-4-5-7-14-9-12-18(22-14)16(20)11-10-15(19)17-8-6-13-21-17;1-8-6-13(19-10(8)3)11(17)4-5-12(18)14-7-9(2)15(16)20-14;1-9-3-7-13(17-9)11(15)5-6-12(16)14-8-4-10(2)18-14;1-8-4-12(17-6-8)10(15)2-3-11(16)13-5-9(14)7-18-13;14-7-9-6-13(18-8-9)11(16)4-3-10(15)12-2-1-5-17-12;13-8-5-7-17-12(8)10(15)4-3-9(14)11-2-1-6-16-11/h13-14,17-18H,3-12,15-16H2,1-2H3;6,8-9,12-13H,2-5,7,10-11H2,1H3;6-7H,4-5H2,1-3H3;3-4,7-8H,5-6H2,1-2H3;4-7H,2-3H2,1H3;1-2,5-6,8H,3-4,7H2;1-2,5-7H,3-4H2. The highest BCUT2D eigenvalue weighted by Gasteiger charge is 2.23. The normalized spacial score (nSPS) is 10.7. The van der Waals surface area contributed by atoms with E-state index in [1.165, 1.54) is 216 Å². The Kier molecular flexibility index (Phi) is 54.8. The molecular weight excluding hydrogens is 2260 g/mol. The summed E-state index contributed by atoms with van der Waals surface area (Å²) in [4.78, 5) is 185. The number of Topliss-reactive ketones (excluding diaryl/α,β-unsaturated/α-hetero) is 14. The number of carbonyl (C=O) groups excluding carboxylic acids is 14. The van der Waals surface area contributed by atoms with Gasteiger partial charge in [-0.15, -0.1) is 170 Å². The molecule has 141 heavy (non-hydrogen) atoms. The summed E-state index contributed by atoms with van der Waals surface area (Å²) < 4.78 is 2.71. The second-order valence-corrected chi connectivity index (χ2v) is 51.2. The molecule has 0 saturated heterocycles. The van der Waals surface area contributed by atoms with Crippen LogP contribution in [0.2, 0.25) is 0 Å². The molecule has 0 atom stereocenters. The van der Waals surface area contributed by atoms with E-state index < -0.39 is 0 Å². The Morgan fingerprint density at radius 1 is 0.270 bits per heavy atom. The molecule has 0 radical (unpaired) electrons. The largest absolute Gasteiger partial charge is 0.293 e. The fourth-order valence-corrected chi connectivity index (χ4v) is 27.6. The van der Waals surface area contributed by atoms with Crippen LogP contribution >= 0.6 is 218 Å². The van der Waals surface area contributed by atoms with Gasteiger partial charge in [-0.25, -0.2) is 0 Å². The first kappa shape index (κ1) is 119. The van der Waals surface area contributed by atoms with Gasteiger partial charge in [0.2, 0.25) is 0 Å². The van der Waals surface area contributed by atoms with Crippen molar-refractivity contribution in [3.63, 3.8) is 0 Å². The molecule has 32 heteroatoms. The molecule has 0 aliphatic carbocycles. The number of aryl methyl sites for hydroxylation is 9. The van der Waals surface area contributed by atoms with Crippen LogP contribution in [-0.4, -0.2) is 81.0 Å². The summed E-state index contributed by atoms with van der Waals surface area (Å²) in [7, 11) is 0. The molecule has 0 fully saturated rings. The van der Waals surface area contributed by atoms with Gasteiger partial charge in [0.05, 0.1) is 72.1 Å². The molecule has 0 bridgehead atoms. The molecule has 0 N–H and O–H groups in total. The Hall–Kier alpha value is -7.09. The van der Waals surface area contributed by atoms with Crippen molar-refractivity contribution in [1.29, 1.82) is 0 Å². The van der Waals surface area contributed by atoms with E-state index in [1.807, 2.05) is 170 Å². The summed E-state index contributed by atoms with van der Waals surface area (Å²) in [5.41, 5.74) is 4.25. The van der Waals surface area contributed by atoms with Gasteiger partial charge >= 0.3 is 0 Å². The average molecular weight is 2370 g/mol. The van der Waals surface area contributed by atoms with Crippen LogP contribution in [0.4, 0.5) is 0 Å². The second kappa shape index (κ2) is 64.8. The first-order chi connectivity index (χ1) is 67.7. The van der Waals surface area contributed by atoms with E-state index in [1.54, 1.807) is 58.3 Å². The molecule has 14 heterocycles. The molecule has 14 nitrogen and oxygen atoms in total. The van der Waals surface area contributed by atoms with Crippen LogP contribution in [0.3, 0.4) is 0 Å². The zero-order valence-electron chi connectivity index (χ0n) is 80.4. The van der Waals surface area contributed by atoms with Crippen LogP contribution in [0, 0.1) is 41.5 Å². The summed E-state index contributed by atoms with van der Waals surface area (Å²) in [6.07, 6.45) is 22.2. The van der Waals surface area contributed by atoms with Crippen LogP contribution in [0.5, 0.6) is 0 Å². The Balaban J connectivity index is 0.000000203.